The zero-order valence-electron chi connectivity index (χ0n) is 22.4. The molecule has 0 saturated heterocycles. The van der Waals surface area contributed by atoms with Crippen molar-refractivity contribution >= 4 is 5.78 Å². The van der Waals surface area contributed by atoms with Gasteiger partial charge in [-0.3, -0.25) is 4.79 Å². The first-order valence-corrected chi connectivity index (χ1v) is 13.1. The number of benzene rings is 2. The second-order valence-electron chi connectivity index (χ2n) is 11.3. The smallest absolute Gasteiger partial charge is 0.264 e. The molecule has 1 fully saturated rings. The van der Waals surface area contributed by atoms with E-state index in [4.69, 9.17) is 9.47 Å². The van der Waals surface area contributed by atoms with Gasteiger partial charge in [-0.2, -0.15) is 0 Å². The normalized spacial score (nSPS) is 19.6. The minimum Gasteiger partial charge on any atom is -0.493 e. The zero-order chi connectivity index (χ0) is 28.1. The van der Waals surface area contributed by atoms with Crippen molar-refractivity contribution in [3.63, 3.8) is 0 Å². The lowest BCUT2D eigenvalue weighted by molar-refractivity contribution is -0.118. The number of ketones is 1. The van der Waals surface area contributed by atoms with Gasteiger partial charge in [0.25, 0.3) is 6.43 Å². The number of Topliss-reactive ketones (excluding diaryl/α,β-unsaturated/α-hetero) is 1. The maximum Gasteiger partial charge on any atom is 0.264 e. The average Bonchev–Trinajstić information content (AvgIpc) is 3.45. The highest BCUT2D eigenvalue weighted by molar-refractivity contribution is 5.84. The van der Waals surface area contributed by atoms with Crippen LogP contribution in [0.15, 0.2) is 42.6 Å². The molecule has 5 rings (SSSR count). The van der Waals surface area contributed by atoms with Crippen molar-refractivity contribution in [2.45, 2.75) is 65.1 Å². The maximum absolute atomic E-state index is 14.9. The van der Waals surface area contributed by atoms with Gasteiger partial charge in [0, 0.05) is 35.7 Å². The molecule has 0 unspecified atom stereocenters. The lowest BCUT2D eigenvalue weighted by Gasteiger charge is -2.18. The van der Waals surface area contributed by atoms with Gasteiger partial charge < -0.3 is 14.6 Å². The topological polar surface area (TPSA) is 68.7 Å². The molecule has 1 N–H and O–H groups in total. The Kier molecular flexibility index (Phi) is 7.18. The summed E-state index contributed by atoms with van der Waals surface area (Å²) in [6.45, 7) is 6.92. The van der Waals surface area contributed by atoms with Crippen LogP contribution < -0.4 is 9.47 Å². The number of aryl methyl sites for hydroxylation is 1. The first-order valence-electron chi connectivity index (χ1n) is 13.1. The summed E-state index contributed by atoms with van der Waals surface area (Å²) in [5, 5.41) is 9.86. The number of alkyl halides is 2. The Hall–Kier alpha value is -3.39. The Bertz CT molecular complexity index is 1420. The molecule has 1 heterocycles. The van der Waals surface area contributed by atoms with Crippen molar-refractivity contribution in [1.29, 1.82) is 0 Å². The van der Waals surface area contributed by atoms with E-state index in [1.54, 1.807) is 52.1 Å². The van der Waals surface area contributed by atoms with Gasteiger partial charge in [0.05, 0.1) is 12.2 Å². The van der Waals surface area contributed by atoms with Crippen molar-refractivity contribution in [1.82, 2.24) is 4.98 Å². The molecule has 0 spiro atoms. The van der Waals surface area contributed by atoms with Crippen molar-refractivity contribution in [2.24, 2.45) is 11.8 Å². The minimum atomic E-state index is -2.87. The van der Waals surface area contributed by atoms with E-state index in [-0.39, 0.29) is 35.4 Å². The van der Waals surface area contributed by atoms with E-state index in [1.165, 1.54) is 6.07 Å². The van der Waals surface area contributed by atoms with Gasteiger partial charge in [0.15, 0.2) is 0 Å². The minimum absolute atomic E-state index is 0.0868. The van der Waals surface area contributed by atoms with Crippen LogP contribution in [0, 0.1) is 24.6 Å². The molecular weight excluding hydrogens is 507 g/mol. The number of halogens is 3. The SMILES string of the molecule is CC(=O)[C@H]1[C@@H]2Cc3cc(OCc4cc(-c5ccc(OCCC(C)(C)O)cc5C)c(C(F)F)cc4F)ncc3[C@@H]21. The number of nitrogens with zero attached hydrogens (tertiary/aromatic N) is 1. The van der Waals surface area contributed by atoms with Crippen LogP contribution in [0.1, 0.15) is 67.4 Å². The molecule has 2 aliphatic rings. The maximum atomic E-state index is 14.9. The second kappa shape index (κ2) is 10.3. The number of rotatable bonds is 10. The molecule has 0 radical (unpaired) electrons. The van der Waals surface area contributed by atoms with Crippen LogP contribution in [0.2, 0.25) is 0 Å². The quantitative estimate of drug-likeness (QED) is 0.310. The van der Waals surface area contributed by atoms with Crippen LogP contribution in [0.5, 0.6) is 11.6 Å². The highest BCUT2D eigenvalue weighted by atomic mass is 19.3. The largest absolute Gasteiger partial charge is 0.493 e. The Morgan fingerprint density at radius 3 is 2.59 bits per heavy atom. The molecule has 0 amide bonds. The molecule has 3 aromatic rings. The Balaban J connectivity index is 1.34. The summed E-state index contributed by atoms with van der Waals surface area (Å²) in [6, 6.07) is 9.21. The number of aliphatic hydroxyl groups is 1. The number of carbonyl (C=O) groups excluding carboxylic acids is 1. The number of hydrogen-bond acceptors (Lipinski definition) is 5. The van der Waals surface area contributed by atoms with Crippen LogP contribution in [0.25, 0.3) is 11.1 Å². The van der Waals surface area contributed by atoms with Gasteiger partial charge in [-0.1, -0.05) is 6.07 Å². The van der Waals surface area contributed by atoms with E-state index in [0.717, 1.165) is 23.6 Å². The third kappa shape index (κ3) is 5.66. The van der Waals surface area contributed by atoms with Crippen molar-refractivity contribution in [3.8, 4) is 22.8 Å². The molecule has 3 atom stereocenters. The fourth-order valence-electron chi connectivity index (χ4n) is 5.66. The molecule has 5 nitrogen and oxygen atoms in total. The van der Waals surface area contributed by atoms with Gasteiger partial charge in [0.1, 0.15) is 24.0 Å². The number of hydrogen-bond donors (Lipinski definition) is 1. The van der Waals surface area contributed by atoms with Crippen molar-refractivity contribution < 1.29 is 32.5 Å². The zero-order valence-corrected chi connectivity index (χ0v) is 22.4. The molecule has 39 heavy (non-hydrogen) atoms. The fourth-order valence-corrected chi connectivity index (χ4v) is 5.66. The highest BCUT2D eigenvalue weighted by Gasteiger charge is 2.58. The molecule has 0 aliphatic heterocycles. The van der Waals surface area contributed by atoms with E-state index in [9.17, 15) is 23.1 Å². The van der Waals surface area contributed by atoms with Crippen LogP contribution in [0.4, 0.5) is 13.2 Å². The highest BCUT2D eigenvalue weighted by Crippen LogP contribution is 2.61. The van der Waals surface area contributed by atoms with Crippen LogP contribution >= 0.6 is 0 Å². The van der Waals surface area contributed by atoms with E-state index < -0.39 is 23.4 Å². The standard InChI is InChI=1S/C31H32F3NO4/c1-16-9-20(38-8-7-31(3,4)37)5-6-21(16)22-11-19(26(32)13-23(22)30(33)34)15-39-27-12-18-10-24-28(17(2)36)29(24)25(18)14-35-27/h5-6,9,11-14,24,28-30,37H,7-8,10,15H2,1-4H3/t24-,28-,29+/m0/s1. The van der Waals surface area contributed by atoms with E-state index in [0.29, 0.717) is 41.7 Å². The van der Waals surface area contributed by atoms with Gasteiger partial charge in [0.2, 0.25) is 5.88 Å². The van der Waals surface area contributed by atoms with Crippen LogP contribution in [-0.2, 0) is 17.8 Å². The number of ether oxygens (including phenoxy) is 2. The third-order valence-corrected chi connectivity index (χ3v) is 7.75. The Morgan fingerprint density at radius 1 is 1.15 bits per heavy atom. The van der Waals surface area contributed by atoms with Gasteiger partial charge in [-0.25, -0.2) is 18.2 Å². The summed E-state index contributed by atoms with van der Waals surface area (Å²) >= 11 is 0. The lowest BCUT2D eigenvalue weighted by Crippen LogP contribution is -2.21. The third-order valence-electron chi connectivity index (χ3n) is 7.75. The first kappa shape index (κ1) is 27.2. The lowest BCUT2D eigenvalue weighted by atomic mass is 9.94. The summed E-state index contributed by atoms with van der Waals surface area (Å²) < 4.78 is 54.3. The molecule has 2 aromatic carbocycles. The monoisotopic (exact) mass is 539 g/mol. The summed E-state index contributed by atoms with van der Waals surface area (Å²) in [5.41, 5.74) is 2.50. The molecule has 2 aliphatic carbocycles. The number of carbonyl (C=O) groups is 1. The number of fused-ring (bicyclic) bond motifs is 3. The van der Waals surface area contributed by atoms with Gasteiger partial charge in [-0.05, 0) is 98.0 Å². The van der Waals surface area contributed by atoms with Crippen molar-refractivity contribution in [2.75, 3.05) is 6.61 Å². The average molecular weight is 540 g/mol. The molecule has 0 bridgehead atoms. The first-order chi connectivity index (χ1) is 18.4. The van der Waals surface area contributed by atoms with Crippen LogP contribution in [-0.4, -0.2) is 28.1 Å². The van der Waals surface area contributed by atoms with E-state index >= 15 is 0 Å². The molecular formula is C31H32F3NO4. The van der Waals surface area contributed by atoms with E-state index in [1.807, 2.05) is 6.07 Å². The predicted molar refractivity (Wildman–Crippen MR) is 141 cm³/mol. The Morgan fingerprint density at radius 2 is 1.92 bits per heavy atom. The molecule has 1 saturated carbocycles. The van der Waals surface area contributed by atoms with Gasteiger partial charge in [-0.15, -0.1) is 0 Å². The summed E-state index contributed by atoms with van der Waals surface area (Å²) in [5.74, 6) is 0.976. The van der Waals surface area contributed by atoms with Gasteiger partial charge >= 0.3 is 0 Å². The molecule has 8 heteroatoms. The summed E-state index contributed by atoms with van der Waals surface area (Å²) in [6.07, 6.45) is 0.0926. The molecule has 1 aromatic heterocycles. The Labute approximate surface area is 226 Å². The second-order valence-corrected chi connectivity index (χ2v) is 11.3. The summed E-state index contributed by atoms with van der Waals surface area (Å²) in [4.78, 5) is 16.1. The number of pyridine rings is 1. The molecule has 206 valence electrons. The fraction of sp³-hybridized carbons (Fsp3) is 0.419. The van der Waals surface area contributed by atoms with Crippen molar-refractivity contribution in [3.05, 3.63) is 76.2 Å². The van der Waals surface area contributed by atoms with Crippen LogP contribution in [0.3, 0.4) is 0 Å². The number of aromatic nitrogens is 1. The predicted octanol–water partition coefficient (Wildman–Crippen LogP) is 6.73. The van der Waals surface area contributed by atoms with E-state index in [2.05, 4.69) is 4.98 Å². The summed E-state index contributed by atoms with van der Waals surface area (Å²) in [7, 11) is 0.